The van der Waals surface area contributed by atoms with Gasteiger partial charge in [-0.2, -0.15) is 9.61 Å². The first-order valence-electron chi connectivity index (χ1n) is 6.27. The predicted octanol–water partition coefficient (Wildman–Crippen LogP) is 0.852. The largest absolute Gasteiger partial charge is 0.338 e. The second kappa shape index (κ2) is 3.61. The van der Waals surface area contributed by atoms with Crippen molar-refractivity contribution in [2.45, 2.75) is 24.8 Å². The number of nitrogens with zero attached hydrogens (tertiary/aromatic N) is 5. The van der Waals surface area contributed by atoms with Crippen LogP contribution in [0.5, 0.6) is 0 Å². The van der Waals surface area contributed by atoms with Crippen LogP contribution in [-0.4, -0.2) is 29.8 Å². The van der Waals surface area contributed by atoms with E-state index in [0.29, 0.717) is 11.5 Å². The maximum Gasteiger partial charge on any atom is 0.203 e. The van der Waals surface area contributed by atoms with Gasteiger partial charge in [-0.3, -0.25) is 0 Å². The molecule has 0 spiro atoms. The lowest BCUT2D eigenvalue weighted by molar-refractivity contribution is 0.240. The van der Waals surface area contributed by atoms with Crippen LogP contribution in [0.2, 0.25) is 0 Å². The van der Waals surface area contributed by atoms with Gasteiger partial charge in [0, 0.05) is 6.20 Å². The zero-order valence-electron chi connectivity index (χ0n) is 10.2. The Morgan fingerprint density at radius 2 is 2.21 bits per heavy atom. The normalized spacial score (nSPS) is 17.5. The summed E-state index contributed by atoms with van der Waals surface area (Å²) in [7, 11) is 0. The number of nitrogens with two attached hydrogens (primary N) is 1. The Morgan fingerprint density at radius 3 is 3.00 bits per heavy atom. The average Bonchev–Trinajstić information content (AvgIpc) is 3.02. The third-order valence-electron chi connectivity index (χ3n) is 3.71. The fourth-order valence-corrected chi connectivity index (χ4v) is 2.39. The van der Waals surface area contributed by atoms with Crippen molar-refractivity contribution in [3.8, 4) is 11.5 Å². The van der Waals surface area contributed by atoms with Gasteiger partial charge < -0.3 is 10.7 Å². The zero-order valence-corrected chi connectivity index (χ0v) is 10.2. The van der Waals surface area contributed by atoms with Gasteiger partial charge in [0.2, 0.25) is 5.82 Å². The van der Waals surface area contributed by atoms with Crippen LogP contribution in [0.25, 0.3) is 17.2 Å². The van der Waals surface area contributed by atoms with Gasteiger partial charge >= 0.3 is 0 Å². The molecule has 3 aromatic rings. The second-order valence-corrected chi connectivity index (χ2v) is 4.97. The molecule has 7 nitrogen and oxygen atoms in total. The topological polar surface area (TPSA) is 97.8 Å². The first-order valence-corrected chi connectivity index (χ1v) is 6.27. The van der Waals surface area contributed by atoms with E-state index in [2.05, 4.69) is 25.3 Å². The van der Waals surface area contributed by atoms with E-state index < -0.39 is 0 Å². The number of fused-ring (bicyclic) bond motifs is 1. The molecule has 3 heterocycles. The lowest BCUT2D eigenvalue weighted by Gasteiger charge is -2.35. The molecule has 1 aliphatic carbocycles. The number of imidazole rings is 1. The summed E-state index contributed by atoms with van der Waals surface area (Å²) in [6, 6.07) is 3.69. The molecule has 7 heteroatoms. The minimum Gasteiger partial charge on any atom is -0.338 e. The molecule has 3 aromatic heterocycles. The highest BCUT2D eigenvalue weighted by Gasteiger charge is 2.37. The fraction of sp³-hybridized carbons (Fsp3) is 0.333. The van der Waals surface area contributed by atoms with E-state index in [1.54, 1.807) is 16.9 Å². The number of nitrogens with one attached hydrogen (secondary N) is 1. The molecular weight excluding hydrogens is 242 g/mol. The van der Waals surface area contributed by atoms with Crippen LogP contribution in [0.3, 0.4) is 0 Å². The van der Waals surface area contributed by atoms with E-state index in [-0.39, 0.29) is 5.54 Å². The average molecular weight is 255 g/mol. The van der Waals surface area contributed by atoms with Gasteiger partial charge in [-0.15, -0.1) is 10.2 Å². The molecule has 1 fully saturated rings. The van der Waals surface area contributed by atoms with Crippen molar-refractivity contribution in [2.24, 2.45) is 5.73 Å². The Hall–Kier alpha value is -2.28. The number of H-pyrrole nitrogens is 1. The Kier molecular flexibility index (Phi) is 2.02. The van der Waals surface area contributed by atoms with Crippen LogP contribution < -0.4 is 5.73 Å². The Bertz CT molecular complexity index is 737. The molecule has 0 saturated heterocycles. The Morgan fingerprint density at radius 1 is 1.32 bits per heavy atom. The number of rotatable bonds is 2. The summed E-state index contributed by atoms with van der Waals surface area (Å²) in [4.78, 5) is 7.63. The molecule has 0 atom stereocenters. The molecule has 1 aliphatic rings. The number of aromatic amines is 1. The van der Waals surface area contributed by atoms with E-state index in [4.69, 9.17) is 5.73 Å². The monoisotopic (exact) mass is 255 g/mol. The lowest BCUT2D eigenvalue weighted by Crippen LogP contribution is -2.44. The summed E-state index contributed by atoms with van der Waals surface area (Å²) in [6.45, 7) is 0. The molecule has 0 amide bonds. The summed E-state index contributed by atoms with van der Waals surface area (Å²) >= 11 is 0. The quantitative estimate of drug-likeness (QED) is 0.707. The van der Waals surface area contributed by atoms with Gasteiger partial charge in [0.05, 0.1) is 11.7 Å². The molecular formula is C12H13N7. The van der Waals surface area contributed by atoms with Crippen LogP contribution in [0, 0.1) is 0 Å². The molecule has 19 heavy (non-hydrogen) atoms. The first-order chi connectivity index (χ1) is 9.26. The summed E-state index contributed by atoms with van der Waals surface area (Å²) < 4.78 is 1.68. The van der Waals surface area contributed by atoms with Crippen LogP contribution in [-0.2, 0) is 5.54 Å². The lowest BCUT2D eigenvalue weighted by atomic mass is 9.77. The minimum absolute atomic E-state index is 0.299. The maximum atomic E-state index is 6.25. The molecule has 96 valence electrons. The zero-order chi connectivity index (χ0) is 12.9. The van der Waals surface area contributed by atoms with E-state index in [1.165, 1.54) is 0 Å². The van der Waals surface area contributed by atoms with Gasteiger partial charge in [-0.25, -0.2) is 4.98 Å². The van der Waals surface area contributed by atoms with Crippen molar-refractivity contribution < 1.29 is 0 Å². The van der Waals surface area contributed by atoms with Crippen molar-refractivity contribution in [3.05, 3.63) is 30.4 Å². The number of hydrogen-bond donors (Lipinski definition) is 2. The third-order valence-corrected chi connectivity index (χ3v) is 3.71. The Labute approximate surface area is 108 Å². The third kappa shape index (κ3) is 1.48. The highest BCUT2D eigenvalue weighted by atomic mass is 15.4. The van der Waals surface area contributed by atoms with Crippen molar-refractivity contribution in [2.75, 3.05) is 0 Å². The summed E-state index contributed by atoms with van der Waals surface area (Å²) in [6.07, 6.45) is 6.54. The van der Waals surface area contributed by atoms with Crippen molar-refractivity contribution >= 4 is 5.65 Å². The second-order valence-electron chi connectivity index (χ2n) is 4.97. The van der Waals surface area contributed by atoms with Gasteiger partial charge in [0.1, 0.15) is 11.5 Å². The minimum atomic E-state index is -0.299. The summed E-state index contributed by atoms with van der Waals surface area (Å²) in [5.41, 5.74) is 7.45. The van der Waals surface area contributed by atoms with Gasteiger partial charge in [-0.1, -0.05) is 0 Å². The molecule has 4 rings (SSSR count). The predicted molar refractivity (Wildman–Crippen MR) is 68.1 cm³/mol. The van der Waals surface area contributed by atoms with E-state index >= 15 is 0 Å². The first kappa shape index (κ1) is 10.6. The molecule has 0 aromatic carbocycles. The smallest absolute Gasteiger partial charge is 0.203 e. The van der Waals surface area contributed by atoms with Crippen molar-refractivity contribution in [3.63, 3.8) is 0 Å². The van der Waals surface area contributed by atoms with Gasteiger partial charge in [0.15, 0.2) is 5.65 Å². The molecule has 0 unspecified atom stereocenters. The highest BCUT2D eigenvalue weighted by molar-refractivity contribution is 5.53. The van der Waals surface area contributed by atoms with E-state index in [1.807, 2.05) is 12.1 Å². The van der Waals surface area contributed by atoms with Gasteiger partial charge in [-0.05, 0) is 31.4 Å². The van der Waals surface area contributed by atoms with E-state index in [0.717, 1.165) is 30.8 Å². The highest BCUT2D eigenvalue weighted by Crippen LogP contribution is 2.37. The summed E-state index contributed by atoms with van der Waals surface area (Å²) in [5, 5.41) is 12.5. The Balaban J connectivity index is 1.80. The maximum absolute atomic E-state index is 6.25. The summed E-state index contributed by atoms with van der Waals surface area (Å²) in [5.74, 6) is 1.47. The van der Waals surface area contributed by atoms with Crippen LogP contribution in [0.4, 0.5) is 0 Å². The molecule has 1 saturated carbocycles. The van der Waals surface area contributed by atoms with Crippen molar-refractivity contribution in [1.82, 2.24) is 29.8 Å². The SMILES string of the molecule is NC1(c2ncc(-c3nnc4cccnn34)[nH]2)CCC1. The van der Waals surface area contributed by atoms with Crippen molar-refractivity contribution in [1.29, 1.82) is 0 Å². The van der Waals surface area contributed by atoms with Gasteiger partial charge in [0.25, 0.3) is 0 Å². The number of aromatic nitrogens is 6. The van der Waals surface area contributed by atoms with E-state index in [9.17, 15) is 0 Å². The van der Waals surface area contributed by atoms with Crippen LogP contribution >= 0.6 is 0 Å². The standard InChI is InChI=1S/C12H13N7/c13-12(4-2-5-12)11-14-7-8(16-11)10-18-17-9-3-1-6-15-19(9)10/h1,3,6-7H,2,4-5,13H2,(H,14,16). The molecule has 0 radical (unpaired) electrons. The molecule has 0 aliphatic heterocycles. The van der Waals surface area contributed by atoms with Crippen LogP contribution in [0.1, 0.15) is 25.1 Å². The number of hydrogen-bond acceptors (Lipinski definition) is 5. The molecule has 3 N–H and O–H groups in total. The molecule has 0 bridgehead atoms. The van der Waals surface area contributed by atoms with Crippen LogP contribution in [0.15, 0.2) is 24.5 Å². The fourth-order valence-electron chi connectivity index (χ4n) is 2.39.